The number of carbonyl (C=O) groups is 2. The van der Waals surface area contributed by atoms with Crippen LogP contribution in [0, 0.1) is 5.92 Å². The predicted octanol–water partition coefficient (Wildman–Crippen LogP) is 4.65. The first-order chi connectivity index (χ1) is 12.4. The molecule has 1 N–H and O–H groups in total. The Labute approximate surface area is 165 Å². The fourth-order valence-corrected chi connectivity index (χ4v) is 3.38. The lowest BCUT2D eigenvalue weighted by atomic mass is 10.1. The van der Waals surface area contributed by atoms with E-state index in [0.717, 1.165) is 0 Å². The van der Waals surface area contributed by atoms with E-state index in [1.165, 1.54) is 12.0 Å². The molecule has 1 aliphatic rings. The molecule has 0 bridgehead atoms. The van der Waals surface area contributed by atoms with E-state index in [1.807, 2.05) is 0 Å². The average Bonchev–Trinajstić information content (AvgIpc) is 2.99. The van der Waals surface area contributed by atoms with Crippen molar-refractivity contribution in [3.63, 3.8) is 0 Å². The first-order valence-electron chi connectivity index (χ1n) is 7.79. The normalized spacial score (nSPS) is 16.7. The summed E-state index contributed by atoms with van der Waals surface area (Å²) in [6.45, 7) is 0.216. The summed E-state index contributed by atoms with van der Waals surface area (Å²) in [5.41, 5.74) is 0.955. The summed E-state index contributed by atoms with van der Waals surface area (Å²) >= 11 is 18.1. The number of hydrogen-bond donors (Lipinski definition) is 1. The minimum atomic E-state index is -0.527. The van der Waals surface area contributed by atoms with Gasteiger partial charge in [-0.3, -0.25) is 9.59 Å². The third-order valence-corrected chi connectivity index (χ3v) is 4.90. The summed E-state index contributed by atoms with van der Waals surface area (Å²) in [5.74, 6) is -0.519. The van der Waals surface area contributed by atoms with Gasteiger partial charge in [-0.1, -0.05) is 34.8 Å². The monoisotopic (exact) mass is 412 g/mol. The Bertz CT molecular complexity index is 873. The molecule has 1 heterocycles. The molecular formula is C18H15Cl3N2O3. The Hall–Kier alpha value is -1.95. The van der Waals surface area contributed by atoms with Gasteiger partial charge in [-0.05, 0) is 36.4 Å². The third-order valence-electron chi connectivity index (χ3n) is 4.11. The van der Waals surface area contributed by atoms with Crippen LogP contribution in [0.15, 0.2) is 36.4 Å². The molecule has 1 fully saturated rings. The molecule has 0 aromatic heterocycles. The molecule has 136 valence electrons. The van der Waals surface area contributed by atoms with Crippen LogP contribution in [0.5, 0.6) is 5.75 Å². The number of nitrogens with one attached hydrogen (secondary N) is 1. The molecule has 0 aliphatic carbocycles. The summed E-state index contributed by atoms with van der Waals surface area (Å²) in [5, 5.41) is 4.11. The Balaban J connectivity index is 1.77. The maximum Gasteiger partial charge on any atom is 0.229 e. The van der Waals surface area contributed by atoms with E-state index in [2.05, 4.69) is 5.32 Å². The minimum absolute atomic E-state index is 0.0809. The smallest absolute Gasteiger partial charge is 0.229 e. The van der Waals surface area contributed by atoms with Gasteiger partial charge < -0.3 is 15.0 Å². The summed E-state index contributed by atoms with van der Waals surface area (Å²) in [4.78, 5) is 26.5. The summed E-state index contributed by atoms with van der Waals surface area (Å²) in [6, 6.07) is 9.80. The molecule has 1 atom stereocenters. The zero-order chi connectivity index (χ0) is 18.8. The highest BCUT2D eigenvalue weighted by Gasteiger charge is 2.36. The zero-order valence-electron chi connectivity index (χ0n) is 13.8. The summed E-state index contributed by atoms with van der Waals surface area (Å²) < 4.78 is 5.22. The summed E-state index contributed by atoms with van der Waals surface area (Å²) in [7, 11) is 1.50. The topological polar surface area (TPSA) is 58.6 Å². The number of halogens is 3. The van der Waals surface area contributed by atoms with Crippen molar-refractivity contribution in [1.82, 2.24) is 0 Å². The highest BCUT2D eigenvalue weighted by Crippen LogP contribution is 2.34. The largest absolute Gasteiger partial charge is 0.495 e. The van der Waals surface area contributed by atoms with E-state index in [1.54, 1.807) is 36.4 Å². The fraction of sp³-hybridized carbons (Fsp3) is 0.222. The standard InChI is InChI=1S/C18H15Cl3N2O3/c1-26-16-5-3-11(19)7-14(16)22-18(25)10-6-17(24)23(9-10)15-8-12(20)2-4-13(15)21/h2-5,7-8,10H,6,9H2,1H3,(H,22,25)/t10-/m0/s1. The van der Waals surface area contributed by atoms with E-state index in [-0.39, 0.29) is 24.8 Å². The van der Waals surface area contributed by atoms with Gasteiger partial charge in [0.1, 0.15) is 5.75 Å². The second-order valence-electron chi connectivity index (χ2n) is 5.83. The van der Waals surface area contributed by atoms with Crippen molar-refractivity contribution >= 4 is 58.0 Å². The number of carbonyl (C=O) groups excluding carboxylic acids is 2. The molecule has 5 nitrogen and oxygen atoms in total. The number of nitrogens with zero attached hydrogens (tertiary/aromatic N) is 1. The second kappa shape index (κ2) is 7.74. The van der Waals surface area contributed by atoms with Crippen LogP contribution in [-0.4, -0.2) is 25.5 Å². The molecule has 0 unspecified atom stereocenters. The number of hydrogen-bond acceptors (Lipinski definition) is 3. The number of benzene rings is 2. The van der Waals surface area contributed by atoms with Gasteiger partial charge in [0.2, 0.25) is 11.8 Å². The van der Waals surface area contributed by atoms with Crippen molar-refractivity contribution < 1.29 is 14.3 Å². The predicted molar refractivity (Wildman–Crippen MR) is 104 cm³/mol. The summed E-state index contributed by atoms with van der Waals surface area (Å²) in [6.07, 6.45) is 0.0809. The van der Waals surface area contributed by atoms with Crippen LogP contribution >= 0.6 is 34.8 Å². The molecule has 2 aromatic rings. The Morgan fingerprint density at radius 3 is 2.58 bits per heavy atom. The Morgan fingerprint density at radius 1 is 1.15 bits per heavy atom. The zero-order valence-corrected chi connectivity index (χ0v) is 16.0. The molecule has 3 rings (SSSR count). The van der Waals surface area contributed by atoms with Crippen LogP contribution in [0.1, 0.15) is 6.42 Å². The first-order valence-corrected chi connectivity index (χ1v) is 8.92. The molecule has 1 aliphatic heterocycles. The number of anilines is 2. The number of ether oxygens (including phenoxy) is 1. The Kier molecular flexibility index (Phi) is 5.61. The van der Waals surface area contributed by atoms with E-state index in [4.69, 9.17) is 39.5 Å². The van der Waals surface area contributed by atoms with Crippen LogP contribution in [0.25, 0.3) is 0 Å². The first kappa shape index (κ1) is 18.8. The van der Waals surface area contributed by atoms with Crippen molar-refractivity contribution in [3.8, 4) is 5.75 Å². The molecule has 8 heteroatoms. The third kappa shape index (κ3) is 3.90. The molecule has 0 radical (unpaired) electrons. The van der Waals surface area contributed by atoms with Gasteiger partial charge >= 0.3 is 0 Å². The van der Waals surface area contributed by atoms with Crippen molar-refractivity contribution in [2.75, 3.05) is 23.9 Å². The van der Waals surface area contributed by atoms with Crippen molar-refractivity contribution in [1.29, 1.82) is 0 Å². The van der Waals surface area contributed by atoms with E-state index in [0.29, 0.717) is 32.2 Å². The lowest BCUT2D eigenvalue weighted by Crippen LogP contribution is -2.28. The number of methoxy groups -OCH3 is 1. The molecule has 2 amide bonds. The highest BCUT2D eigenvalue weighted by atomic mass is 35.5. The van der Waals surface area contributed by atoms with Gasteiger partial charge in [0.25, 0.3) is 0 Å². The molecule has 0 saturated carbocycles. The van der Waals surface area contributed by atoms with Crippen LogP contribution in [0.3, 0.4) is 0 Å². The van der Waals surface area contributed by atoms with Gasteiger partial charge in [0, 0.05) is 23.0 Å². The van der Waals surface area contributed by atoms with Gasteiger partial charge in [0.15, 0.2) is 0 Å². The quantitative estimate of drug-likeness (QED) is 0.794. The lowest BCUT2D eigenvalue weighted by Gasteiger charge is -2.18. The van der Waals surface area contributed by atoms with Crippen molar-refractivity contribution in [2.45, 2.75) is 6.42 Å². The number of rotatable bonds is 4. The van der Waals surface area contributed by atoms with Gasteiger partial charge in [-0.15, -0.1) is 0 Å². The second-order valence-corrected chi connectivity index (χ2v) is 7.12. The van der Waals surface area contributed by atoms with Gasteiger partial charge in [-0.2, -0.15) is 0 Å². The highest BCUT2D eigenvalue weighted by molar-refractivity contribution is 6.36. The van der Waals surface area contributed by atoms with Crippen molar-refractivity contribution in [2.24, 2.45) is 5.92 Å². The van der Waals surface area contributed by atoms with Gasteiger partial charge in [0.05, 0.1) is 29.4 Å². The van der Waals surface area contributed by atoms with E-state index >= 15 is 0 Å². The maximum absolute atomic E-state index is 12.6. The molecule has 26 heavy (non-hydrogen) atoms. The van der Waals surface area contributed by atoms with E-state index < -0.39 is 5.92 Å². The number of amides is 2. The SMILES string of the molecule is COc1ccc(Cl)cc1NC(=O)[C@H]1CC(=O)N(c2cc(Cl)ccc2Cl)C1. The van der Waals surface area contributed by atoms with Crippen LogP contribution < -0.4 is 15.0 Å². The minimum Gasteiger partial charge on any atom is -0.495 e. The maximum atomic E-state index is 12.6. The fourth-order valence-electron chi connectivity index (χ4n) is 2.82. The molecular weight excluding hydrogens is 399 g/mol. The molecule has 2 aromatic carbocycles. The Morgan fingerprint density at radius 2 is 1.85 bits per heavy atom. The van der Waals surface area contributed by atoms with Crippen molar-refractivity contribution in [3.05, 3.63) is 51.5 Å². The lowest BCUT2D eigenvalue weighted by molar-refractivity contribution is -0.122. The van der Waals surface area contributed by atoms with Crippen LogP contribution in [0.4, 0.5) is 11.4 Å². The molecule has 1 saturated heterocycles. The van der Waals surface area contributed by atoms with Gasteiger partial charge in [-0.25, -0.2) is 0 Å². The average molecular weight is 414 g/mol. The molecule has 0 spiro atoms. The van der Waals surface area contributed by atoms with E-state index in [9.17, 15) is 9.59 Å². The van der Waals surface area contributed by atoms with Crippen LogP contribution in [-0.2, 0) is 9.59 Å². The van der Waals surface area contributed by atoms with Crippen LogP contribution in [0.2, 0.25) is 15.1 Å².